The van der Waals surface area contributed by atoms with Gasteiger partial charge in [0.05, 0.1) is 22.1 Å². The van der Waals surface area contributed by atoms with Gasteiger partial charge in [-0.3, -0.25) is 4.57 Å². The maximum absolute atomic E-state index is 7.26. The quantitative estimate of drug-likeness (QED) is 0.207. The molecule has 218 valence electrons. The Balaban J connectivity index is 1.44. The van der Waals surface area contributed by atoms with Gasteiger partial charge in [-0.1, -0.05) is 125 Å². The Kier molecular flexibility index (Phi) is 5.47. The fourth-order valence-electron chi connectivity index (χ4n) is 8.35. The van der Waals surface area contributed by atoms with Crippen LogP contribution in [-0.2, 0) is 5.41 Å². The smallest absolute Gasteiger partial charge is 0.235 e. The van der Waals surface area contributed by atoms with Gasteiger partial charge < -0.3 is 4.42 Å². The summed E-state index contributed by atoms with van der Waals surface area (Å²) in [6.45, 7) is 9.33. The van der Waals surface area contributed by atoms with Crippen LogP contribution in [-0.4, -0.2) is 14.5 Å². The zero-order chi connectivity index (χ0) is 30.4. The van der Waals surface area contributed by atoms with Crippen molar-refractivity contribution >= 4 is 43.7 Å². The lowest BCUT2D eigenvalue weighted by Crippen LogP contribution is -2.37. The molecule has 0 amide bonds. The van der Waals surface area contributed by atoms with Crippen molar-refractivity contribution in [3.05, 3.63) is 127 Å². The molecule has 1 aliphatic rings. The summed E-state index contributed by atoms with van der Waals surface area (Å²) >= 11 is 0. The molecule has 9 rings (SSSR count). The number of para-hydroxylation sites is 2. The molecule has 4 heteroatoms. The first-order chi connectivity index (χ1) is 22.0. The summed E-state index contributed by atoms with van der Waals surface area (Å²) in [5.74, 6) is 2.41. The molecular weight excluding hydrogens is 550 g/mol. The molecule has 0 aliphatic heterocycles. The lowest BCUT2D eigenvalue weighted by molar-refractivity contribution is 0.239. The summed E-state index contributed by atoms with van der Waals surface area (Å²) in [5.41, 5.74) is 9.52. The second-order valence-corrected chi connectivity index (χ2v) is 13.0. The molecule has 1 aliphatic carbocycles. The Bertz CT molecular complexity index is 2440. The Morgan fingerprint density at radius 3 is 2.09 bits per heavy atom. The third kappa shape index (κ3) is 3.37. The summed E-state index contributed by atoms with van der Waals surface area (Å²) in [5, 5.41) is 4.46. The van der Waals surface area contributed by atoms with Crippen LogP contribution in [0.1, 0.15) is 39.0 Å². The number of hydrogen-bond acceptors (Lipinski definition) is 3. The van der Waals surface area contributed by atoms with Gasteiger partial charge in [-0.2, -0.15) is 0 Å². The van der Waals surface area contributed by atoms with Crippen LogP contribution < -0.4 is 0 Å². The van der Waals surface area contributed by atoms with Gasteiger partial charge in [-0.15, -0.1) is 0 Å². The van der Waals surface area contributed by atoms with Crippen LogP contribution in [0.25, 0.3) is 72.0 Å². The maximum Gasteiger partial charge on any atom is 0.235 e. The number of hydrogen-bond donors (Lipinski definition) is 0. The highest BCUT2D eigenvalue weighted by Gasteiger charge is 2.51. The predicted molar refractivity (Wildman–Crippen MR) is 185 cm³/mol. The van der Waals surface area contributed by atoms with Crippen LogP contribution in [0, 0.1) is 11.8 Å². The van der Waals surface area contributed by atoms with Crippen LogP contribution in [0.15, 0.2) is 120 Å². The molecule has 3 aromatic heterocycles. The second kappa shape index (κ2) is 9.39. The van der Waals surface area contributed by atoms with E-state index in [0.717, 1.165) is 60.7 Å². The van der Waals surface area contributed by atoms with Crippen molar-refractivity contribution in [2.75, 3.05) is 0 Å². The summed E-state index contributed by atoms with van der Waals surface area (Å²) < 4.78 is 9.49. The fraction of sp³-hybridized carbons (Fsp3) is 0.171. The zero-order valence-electron chi connectivity index (χ0n) is 25.9. The largest absolute Gasteiger partial charge is 0.457 e. The molecule has 0 saturated heterocycles. The lowest BCUT2D eigenvalue weighted by Gasteiger charge is -2.38. The van der Waals surface area contributed by atoms with E-state index in [1.807, 2.05) is 12.1 Å². The first-order valence-electron chi connectivity index (χ1n) is 15.9. The average Bonchev–Trinajstić information content (AvgIpc) is 3.70. The lowest BCUT2D eigenvalue weighted by atomic mass is 9.65. The highest BCUT2D eigenvalue weighted by molar-refractivity contribution is 6.19. The Morgan fingerprint density at radius 1 is 0.622 bits per heavy atom. The molecule has 0 fully saturated rings. The van der Waals surface area contributed by atoms with Crippen molar-refractivity contribution in [1.82, 2.24) is 14.5 Å². The van der Waals surface area contributed by atoms with E-state index in [9.17, 15) is 0 Å². The molecule has 0 spiro atoms. The molecule has 3 heterocycles. The summed E-state index contributed by atoms with van der Waals surface area (Å²) in [4.78, 5) is 10.5. The van der Waals surface area contributed by atoms with Crippen LogP contribution in [0.4, 0.5) is 0 Å². The third-order valence-corrected chi connectivity index (χ3v) is 10.2. The van der Waals surface area contributed by atoms with E-state index in [1.165, 1.54) is 16.7 Å². The fourth-order valence-corrected chi connectivity index (χ4v) is 8.35. The Morgan fingerprint density at radius 2 is 1.29 bits per heavy atom. The monoisotopic (exact) mass is 583 g/mol. The van der Waals surface area contributed by atoms with E-state index in [4.69, 9.17) is 14.4 Å². The van der Waals surface area contributed by atoms with E-state index < -0.39 is 0 Å². The normalized spacial score (nSPS) is 13.9. The summed E-state index contributed by atoms with van der Waals surface area (Å²) in [6.07, 6.45) is 0. The van der Waals surface area contributed by atoms with Gasteiger partial charge in [0.1, 0.15) is 11.3 Å². The van der Waals surface area contributed by atoms with Crippen molar-refractivity contribution < 1.29 is 4.42 Å². The highest BCUT2D eigenvalue weighted by atomic mass is 16.3. The van der Waals surface area contributed by atoms with Gasteiger partial charge in [0.25, 0.3) is 0 Å². The molecule has 0 N–H and O–H groups in total. The van der Waals surface area contributed by atoms with Crippen molar-refractivity contribution in [1.29, 1.82) is 0 Å². The van der Waals surface area contributed by atoms with Gasteiger partial charge in [-0.05, 0) is 41.2 Å². The van der Waals surface area contributed by atoms with Crippen LogP contribution in [0.2, 0.25) is 0 Å². The van der Waals surface area contributed by atoms with E-state index in [0.29, 0.717) is 17.8 Å². The minimum Gasteiger partial charge on any atom is -0.457 e. The maximum atomic E-state index is 7.26. The van der Waals surface area contributed by atoms with Gasteiger partial charge in [0.2, 0.25) is 5.95 Å². The van der Waals surface area contributed by atoms with Crippen molar-refractivity contribution in [3.63, 3.8) is 0 Å². The first kappa shape index (κ1) is 26.2. The molecule has 8 aromatic rings. The summed E-state index contributed by atoms with van der Waals surface area (Å²) in [6, 6.07) is 40.7. The number of furan rings is 1. The van der Waals surface area contributed by atoms with Gasteiger partial charge in [-0.25, -0.2) is 9.97 Å². The number of benzene rings is 5. The number of rotatable bonds is 4. The van der Waals surface area contributed by atoms with Crippen LogP contribution in [0.5, 0.6) is 0 Å². The minimum atomic E-state index is -0.228. The molecule has 0 bridgehead atoms. The van der Waals surface area contributed by atoms with Crippen LogP contribution in [0.3, 0.4) is 0 Å². The average molecular weight is 584 g/mol. The Hall–Kier alpha value is -5.22. The number of fused-ring (bicyclic) bond motifs is 10. The standard InChI is InChI=1S/C41H33N3O/c1-24(2)41(25(3)4)32-19-11-8-17-29(32)35-31-23-22-28-27-16-10-13-21-34(27)44(37(28)38(31)45-39(35)41)40-42-33-20-12-9-18-30(33)36(43-40)26-14-6-5-7-15-26/h5-25H,1-4H3. The second-order valence-electron chi connectivity index (χ2n) is 13.0. The van der Waals surface area contributed by atoms with Crippen molar-refractivity contribution in [3.8, 4) is 28.3 Å². The van der Waals surface area contributed by atoms with Gasteiger partial charge >= 0.3 is 0 Å². The van der Waals surface area contributed by atoms with Gasteiger partial charge in [0, 0.05) is 32.7 Å². The first-order valence-corrected chi connectivity index (χ1v) is 15.9. The molecule has 4 nitrogen and oxygen atoms in total. The SMILES string of the molecule is CC(C)C1(C(C)C)c2ccccc2-c2c1oc1c2ccc2c3ccccc3n(-c3nc(-c4ccccc4)c4ccccc4n3)c21. The highest BCUT2D eigenvalue weighted by Crippen LogP contribution is 2.60. The van der Waals surface area contributed by atoms with Gasteiger partial charge in [0.15, 0.2) is 5.58 Å². The van der Waals surface area contributed by atoms with E-state index in [1.54, 1.807) is 0 Å². The van der Waals surface area contributed by atoms with E-state index >= 15 is 0 Å². The molecule has 5 aromatic carbocycles. The molecule has 0 atom stereocenters. The minimum absolute atomic E-state index is 0.228. The zero-order valence-corrected chi connectivity index (χ0v) is 25.9. The number of aromatic nitrogens is 3. The van der Waals surface area contributed by atoms with E-state index in [-0.39, 0.29) is 5.41 Å². The third-order valence-electron chi connectivity index (χ3n) is 10.2. The molecule has 45 heavy (non-hydrogen) atoms. The molecule has 0 radical (unpaired) electrons. The molecule has 0 saturated carbocycles. The predicted octanol–water partition coefficient (Wildman–Crippen LogP) is 10.7. The van der Waals surface area contributed by atoms with Crippen LogP contribution >= 0.6 is 0 Å². The van der Waals surface area contributed by atoms with Crippen molar-refractivity contribution in [2.45, 2.75) is 33.1 Å². The van der Waals surface area contributed by atoms with Crippen molar-refractivity contribution in [2.24, 2.45) is 11.8 Å². The molecular formula is C41H33N3O. The topological polar surface area (TPSA) is 43.9 Å². The Labute approximate surface area is 262 Å². The number of nitrogens with zero attached hydrogens (tertiary/aromatic N) is 3. The van der Waals surface area contributed by atoms with E-state index in [2.05, 4.69) is 135 Å². The summed E-state index contributed by atoms with van der Waals surface area (Å²) in [7, 11) is 0. The molecule has 0 unspecified atom stereocenters.